The summed E-state index contributed by atoms with van der Waals surface area (Å²) >= 11 is 0. The Morgan fingerprint density at radius 1 is 1.41 bits per heavy atom. The fraction of sp³-hybridized carbons (Fsp3) is 0.286. The normalized spacial score (nSPS) is 11.6. The summed E-state index contributed by atoms with van der Waals surface area (Å²) in [6.07, 6.45) is 4.07. The third-order valence-corrected chi connectivity index (χ3v) is 4.46. The number of aromatic nitrogens is 1. The first-order valence-corrected chi connectivity index (χ1v) is 8.34. The Balaban J connectivity index is 2.17. The third kappa shape index (κ3) is 3.71. The molecule has 0 spiro atoms. The molecule has 2 rings (SSSR count). The molecule has 118 valence electrons. The third-order valence-electron chi connectivity index (χ3n) is 3.20. The van der Waals surface area contributed by atoms with Crippen LogP contribution in [0.4, 0.5) is 5.69 Å². The molecule has 2 aromatic rings. The number of anilines is 1. The fourth-order valence-electron chi connectivity index (χ4n) is 1.87. The topological polar surface area (TPSA) is 92.5 Å². The van der Waals surface area contributed by atoms with E-state index in [1.54, 1.807) is 18.3 Å². The number of nitrogens with zero attached hydrogens (tertiary/aromatic N) is 2. The molecule has 22 heavy (non-hydrogen) atoms. The van der Waals surface area contributed by atoms with Crippen LogP contribution in [0.2, 0.25) is 0 Å². The van der Waals surface area contributed by atoms with Crippen LogP contribution in [0, 0.1) is 6.92 Å². The summed E-state index contributed by atoms with van der Waals surface area (Å²) in [4.78, 5) is 16.0. The van der Waals surface area contributed by atoms with Crippen LogP contribution in [0.5, 0.6) is 0 Å². The van der Waals surface area contributed by atoms with Crippen molar-refractivity contribution in [2.75, 3.05) is 25.2 Å². The van der Waals surface area contributed by atoms with Gasteiger partial charge in [-0.25, -0.2) is 13.4 Å². The van der Waals surface area contributed by atoms with Crippen LogP contribution in [0.15, 0.2) is 35.1 Å². The van der Waals surface area contributed by atoms with Crippen LogP contribution in [-0.4, -0.2) is 43.5 Å². The van der Waals surface area contributed by atoms with Gasteiger partial charge in [0.05, 0.1) is 19.0 Å². The van der Waals surface area contributed by atoms with Gasteiger partial charge < -0.3 is 9.73 Å². The lowest BCUT2D eigenvalue weighted by Gasteiger charge is -2.15. The van der Waals surface area contributed by atoms with Crippen LogP contribution < -0.4 is 5.32 Å². The summed E-state index contributed by atoms with van der Waals surface area (Å²) < 4.78 is 28.9. The highest BCUT2D eigenvalue weighted by Crippen LogP contribution is 2.27. The molecule has 0 fully saturated rings. The van der Waals surface area contributed by atoms with Crippen molar-refractivity contribution in [3.63, 3.8) is 0 Å². The van der Waals surface area contributed by atoms with Crippen molar-refractivity contribution in [1.29, 1.82) is 0 Å². The SMILES string of the molecule is Cc1c(NC(=O)CN(C)S(C)(=O)=O)cccc1-c1ncco1. The van der Waals surface area contributed by atoms with Crippen molar-refractivity contribution in [2.45, 2.75) is 6.92 Å². The molecule has 8 heteroatoms. The van der Waals surface area contributed by atoms with E-state index in [0.29, 0.717) is 11.6 Å². The second kappa shape index (κ2) is 6.29. The first-order valence-electron chi connectivity index (χ1n) is 6.49. The van der Waals surface area contributed by atoms with E-state index in [9.17, 15) is 13.2 Å². The maximum Gasteiger partial charge on any atom is 0.239 e. The van der Waals surface area contributed by atoms with Crippen LogP contribution in [0.25, 0.3) is 11.5 Å². The molecular weight excluding hydrogens is 306 g/mol. The van der Waals surface area contributed by atoms with Gasteiger partial charge in [-0.3, -0.25) is 4.79 Å². The fourth-order valence-corrected chi connectivity index (χ4v) is 2.22. The van der Waals surface area contributed by atoms with E-state index in [1.807, 2.05) is 13.0 Å². The lowest BCUT2D eigenvalue weighted by atomic mass is 10.1. The summed E-state index contributed by atoms with van der Waals surface area (Å²) in [6, 6.07) is 5.34. The van der Waals surface area contributed by atoms with Crippen molar-refractivity contribution >= 4 is 21.6 Å². The average molecular weight is 323 g/mol. The lowest BCUT2D eigenvalue weighted by molar-refractivity contribution is -0.116. The zero-order chi connectivity index (χ0) is 16.3. The number of sulfonamides is 1. The standard InChI is InChI=1S/C14H17N3O4S/c1-10-11(14-15-7-8-21-14)5-4-6-12(10)16-13(18)9-17(2)22(3,19)20/h4-8H,9H2,1-3H3,(H,16,18). The zero-order valence-electron chi connectivity index (χ0n) is 12.5. The number of likely N-dealkylation sites (N-methyl/N-ethyl adjacent to an activating group) is 1. The van der Waals surface area contributed by atoms with Gasteiger partial charge in [0.15, 0.2) is 0 Å². The summed E-state index contributed by atoms with van der Waals surface area (Å²) in [7, 11) is -2.04. The minimum Gasteiger partial charge on any atom is -0.445 e. The van der Waals surface area contributed by atoms with Crippen LogP contribution >= 0.6 is 0 Å². The molecule has 0 radical (unpaired) electrons. The number of oxazole rings is 1. The van der Waals surface area contributed by atoms with Gasteiger partial charge in [0.1, 0.15) is 6.26 Å². The number of amides is 1. The van der Waals surface area contributed by atoms with Gasteiger partial charge in [0, 0.05) is 18.3 Å². The van der Waals surface area contributed by atoms with Crippen molar-refractivity contribution in [3.05, 3.63) is 36.2 Å². The molecule has 0 aliphatic rings. The van der Waals surface area contributed by atoms with E-state index in [0.717, 1.165) is 21.7 Å². The van der Waals surface area contributed by atoms with E-state index in [4.69, 9.17) is 4.42 Å². The van der Waals surface area contributed by atoms with E-state index < -0.39 is 15.9 Å². The Hall–Kier alpha value is -2.19. The Labute approximate surface area is 129 Å². The number of hydrogen-bond acceptors (Lipinski definition) is 5. The van der Waals surface area contributed by atoms with Crippen LogP contribution in [0.3, 0.4) is 0 Å². The predicted molar refractivity (Wildman–Crippen MR) is 82.8 cm³/mol. The second-order valence-electron chi connectivity index (χ2n) is 4.88. The Morgan fingerprint density at radius 2 is 2.14 bits per heavy atom. The lowest BCUT2D eigenvalue weighted by Crippen LogP contribution is -2.34. The van der Waals surface area contributed by atoms with Crippen molar-refractivity contribution in [3.8, 4) is 11.5 Å². The summed E-state index contributed by atoms with van der Waals surface area (Å²) in [6.45, 7) is 1.58. The molecule has 1 aromatic heterocycles. The minimum absolute atomic E-state index is 0.249. The number of hydrogen-bond donors (Lipinski definition) is 1. The Kier molecular flexibility index (Phi) is 4.62. The molecule has 1 heterocycles. The van der Waals surface area contributed by atoms with E-state index in [2.05, 4.69) is 10.3 Å². The molecule has 0 unspecified atom stereocenters. The molecule has 7 nitrogen and oxygen atoms in total. The van der Waals surface area contributed by atoms with Crippen molar-refractivity contribution < 1.29 is 17.6 Å². The average Bonchev–Trinajstić information content (AvgIpc) is 2.93. The first-order chi connectivity index (χ1) is 10.3. The highest BCUT2D eigenvalue weighted by Gasteiger charge is 2.16. The minimum atomic E-state index is -3.40. The van der Waals surface area contributed by atoms with Gasteiger partial charge in [-0.1, -0.05) is 6.07 Å². The summed E-state index contributed by atoms with van der Waals surface area (Å²) in [5.74, 6) is 0.0439. The van der Waals surface area contributed by atoms with Crippen LogP contribution in [0.1, 0.15) is 5.56 Å². The number of rotatable bonds is 5. The number of benzene rings is 1. The molecule has 1 N–H and O–H groups in total. The van der Waals surface area contributed by atoms with Gasteiger partial charge in [-0.15, -0.1) is 0 Å². The molecule has 0 atom stereocenters. The molecule has 0 aliphatic carbocycles. The van der Waals surface area contributed by atoms with Gasteiger partial charge in [-0.05, 0) is 24.6 Å². The summed E-state index contributed by atoms with van der Waals surface area (Å²) in [5.41, 5.74) is 2.14. The molecule has 0 saturated carbocycles. The Morgan fingerprint density at radius 3 is 2.73 bits per heavy atom. The second-order valence-corrected chi connectivity index (χ2v) is 6.97. The predicted octanol–water partition coefficient (Wildman–Crippen LogP) is 1.48. The number of nitrogens with one attached hydrogen (secondary N) is 1. The first kappa shape index (κ1) is 16.2. The largest absolute Gasteiger partial charge is 0.445 e. The number of carbonyl (C=O) groups is 1. The quantitative estimate of drug-likeness (QED) is 0.899. The van der Waals surface area contributed by atoms with Crippen molar-refractivity contribution in [1.82, 2.24) is 9.29 Å². The molecule has 1 amide bonds. The summed E-state index contributed by atoms with van der Waals surface area (Å²) in [5, 5.41) is 2.70. The Bertz CT molecular complexity index is 769. The maximum atomic E-state index is 12.0. The van der Waals surface area contributed by atoms with E-state index >= 15 is 0 Å². The zero-order valence-corrected chi connectivity index (χ0v) is 13.3. The van der Waals surface area contributed by atoms with Crippen LogP contribution in [-0.2, 0) is 14.8 Å². The highest BCUT2D eigenvalue weighted by atomic mass is 32.2. The van der Waals surface area contributed by atoms with E-state index in [-0.39, 0.29) is 6.54 Å². The monoisotopic (exact) mass is 323 g/mol. The van der Waals surface area contributed by atoms with Gasteiger partial charge in [-0.2, -0.15) is 4.31 Å². The highest BCUT2D eigenvalue weighted by molar-refractivity contribution is 7.88. The van der Waals surface area contributed by atoms with Crippen molar-refractivity contribution in [2.24, 2.45) is 0 Å². The maximum absolute atomic E-state index is 12.0. The van der Waals surface area contributed by atoms with Gasteiger partial charge in [0.25, 0.3) is 0 Å². The molecule has 1 aromatic carbocycles. The van der Waals surface area contributed by atoms with E-state index in [1.165, 1.54) is 13.3 Å². The molecular formula is C14H17N3O4S. The molecule has 0 saturated heterocycles. The number of carbonyl (C=O) groups excluding carboxylic acids is 1. The van der Waals surface area contributed by atoms with Gasteiger partial charge in [0.2, 0.25) is 21.8 Å². The molecule has 0 bridgehead atoms. The van der Waals surface area contributed by atoms with Gasteiger partial charge >= 0.3 is 0 Å². The molecule has 0 aliphatic heterocycles. The smallest absolute Gasteiger partial charge is 0.239 e.